The second-order valence-corrected chi connectivity index (χ2v) is 8.04. The van der Waals surface area contributed by atoms with Gasteiger partial charge in [-0.2, -0.15) is 0 Å². The van der Waals surface area contributed by atoms with E-state index in [1.54, 1.807) is 18.4 Å². The summed E-state index contributed by atoms with van der Waals surface area (Å²) in [6.45, 7) is 2.03. The Hall–Kier alpha value is -3.05. The van der Waals surface area contributed by atoms with Crippen molar-refractivity contribution in [1.82, 2.24) is 10.3 Å². The average Bonchev–Trinajstić information content (AvgIpc) is 3.40. The summed E-state index contributed by atoms with van der Waals surface area (Å²) in [5.74, 6) is 0.894. The number of hydrogen-bond donors (Lipinski definition) is 2. The van der Waals surface area contributed by atoms with Crippen LogP contribution in [0.2, 0.25) is 0 Å². The lowest BCUT2D eigenvalue weighted by molar-refractivity contribution is -0.121. The molecule has 0 saturated carbocycles. The first-order valence-corrected chi connectivity index (χ1v) is 10.6. The zero-order valence-electron chi connectivity index (χ0n) is 16.6. The molecule has 0 aliphatic heterocycles. The van der Waals surface area contributed by atoms with Gasteiger partial charge in [-0.15, -0.1) is 11.3 Å². The third-order valence-electron chi connectivity index (χ3n) is 5.14. The number of benzene rings is 2. The third kappa shape index (κ3) is 4.20. The first kappa shape index (κ1) is 19.3. The first-order chi connectivity index (χ1) is 14.2. The number of thiophene rings is 1. The number of carbonyl (C=O) groups excluding carboxylic acids is 1. The van der Waals surface area contributed by atoms with E-state index in [1.807, 2.05) is 54.8 Å². The summed E-state index contributed by atoms with van der Waals surface area (Å²) >= 11 is 1.66. The quantitative estimate of drug-likeness (QED) is 0.414. The summed E-state index contributed by atoms with van der Waals surface area (Å²) < 4.78 is 5.28. The molecule has 148 valence electrons. The number of aromatic nitrogens is 1. The van der Waals surface area contributed by atoms with Gasteiger partial charge in [0.15, 0.2) is 0 Å². The van der Waals surface area contributed by atoms with Crippen molar-refractivity contribution in [2.24, 2.45) is 0 Å². The van der Waals surface area contributed by atoms with Crippen LogP contribution in [0.15, 0.2) is 66.0 Å². The van der Waals surface area contributed by atoms with Gasteiger partial charge in [-0.25, -0.2) is 0 Å². The Morgan fingerprint density at radius 1 is 1.10 bits per heavy atom. The number of para-hydroxylation sites is 1. The maximum Gasteiger partial charge on any atom is 0.220 e. The van der Waals surface area contributed by atoms with Crippen LogP contribution in [0.5, 0.6) is 5.75 Å². The van der Waals surface area contributed by atoms with E-state index in [2.05, 4.69) is 28.5 Å². The maximum atomic E-state index is 12.6. The molecular formula is C24H24N2O2S. The van der Waals surface area contributed by atoms with Crippen LogP contribution < -0.4 is 10.1 Å². The maximum absolute atomic E-state index is 12.6. The summed E-state index contributed by atoms with van der Waals surface area (Å²) in [5.41, 5.74) is 4.41. The van der Waals surface area contributed by atoms with Gasteiger partial charge in [0.25, 0.3) is 0 Å². The second-order valence-electron chi connectivity index (χ2n) is 7.06. The smallest absolute Gasteiger partial charge is 0.220 e. The number of ether oxygens (including phenoxy) is 1. The Bertz CT molecular complexity index is 1100. The van der Waals surface area contributed by atoms with Crippen molar-refractivity contribution >= 4 is 28.1 Å². The molecule has 2 heterocycles. The van der Waals surface area contributed by atoms with Crippen LogP contribution >= 0.6 is 11.3 Å². The molecule has 5 heteroatoms. The molecule has 0 bridgehead atoms. The number of nitrogens with one attached hydrogen (secondary N) is 2. The van der Waals surface area contributed by atoms with Crippen molar-refractivity contribution in [1.29, 1.82) is 0 Å². The van der Waals surface area contributed by atoms with Gasteiger partial charge in [0.1, 0.15) is 5.75 Å². The van der Waals surface area contributed by atoms with Gasteiger partial charge in [0.05, 0.1) is 13.2 Å². The van der Waals surface area contributed by atoms with Crippen molar-refractivity contribution in [2.45, 2.75) is 25.8 Å². The summed E-state index contributed by atoms with van der Waals surface area (Å²) in [6.07, 6.45) is 1.12. The zero-order chi connectivity index (χ0) is 20.2. The molecule has 0 aliphatic rings. The number of carbonyl (C=O) groups is 1. The van der Waals surface area contributed by atoms with Gasteiger partial charge >= 0.3 is 0 Å². The Morgan fingerprint density at radius 2 is 1.90 bits per heavy atom. The van der Waals surface area contributed by atoms with Crippen molar-refractivity contribution in [2.75, 3.05) is 7.11 Å². The molecule has 0 aliphatic carbocycles. The first-order valence-electron chi connectivity index (χ1n) is 9.72. The van der Waals surface area contributed by atoms with Gasteiger partial charge < -0.3 is 15.0 Å². The number of fused-ring (bicyclic) bond motifs is 1. The van der Waals surface area contributed by atoms with Crippen molar-refractivity contribution in [3.8, 4) is 17.0 Å². The van der Waals surface area contributed by atoms with Crippen LogP contribution in [0.3, 0.4) is 0 Å². The van der Waals surface area contributed by atoms with Crippen LogP contribution in [0.4, 0.5) is 0 Å². The second kappa shape index (κ2) is 8.53. The van der Waals surface area contributed by atoms with Crippen molar-refractivity contribution < 1.29 is 9.53 Å². The molecule has 2 aromatic carbocycles. The van der Waals surface area contributed by atoms with Crippen LogP contribution in [0.1, 0.15) is 29.8 Å². The lowest BCUT2D eigenvalue weighted by Crippen LogP contribution is -2.26. The zero-order valence-corrected chi connectivity index (χ0v) is 17.4. The predicted octanol–water partition coefficient (Wildman–Crippen LogP) is 5.72. The highest BCUT2D eigenvalue weighted by Crippen LogP contribution is 2.32. The summed E-state index contributed by atoms with van der Waals surface area (Å²) in [4.78, 5) is 17.3. The van der Waals surface area contributed by atoms with Crippen LogP contribution in [0.25, 0.3) is 22.2 Å². The molecule has 0 fully saturated rings. The van der Waals surface area contributed by atoms with Crippen molar-refractivity contribution in [3.63, 3.8) is 0 Å². The number of rotatable bonds is 7. The van der Waals surface area contributed by atoms with Crippen LogP contribution in [0, 0.1) is 0 Å². The average molecular weight is 405 g/mol. The molecule has 4 nitrogen and oxygen atoms in total. The molecule has 4 rings (SSSR count). The highest BCUT2D eigenvalue weighted by molar-refractivity contribution is 7.10. The molecule has 0 saturated heterocycles. The van der Waals surface area contributed by atoms with E-state index in [9.17, 15) is 4.79 Å². The largest absolute Gasteiger partial charge is 0.497 e. The topological polar surface area (TPSA) is 54.1 Å². The lowest BCUT2D eigenvalue weighted by Gasteiger charge is -2.12. The number of H-pyrrole nitrogens is 1. The normalized spacial score (nSPS) is 12.1. The number of hydrogen-bond acceptors (Lipinski definition) is 3. The van der Waals surface area contributed by atoms with E-state index < -0.39 is 0 Å². The predicted molar refractivity (Wildman–Crippen MR) is 119 cm³/mol. The van der Waals surface area contributed by atoms with Gasteiger partial charge in [-0.3, -0.25) is 4.79 Å². The Balaban J connectivity index is 1.56. The minimum absolute atomic E-state index is 0.0338. The number of amides is 1. The van der Waals surface area contributed by atoms with E-state index >= 15 is 0 Å². The van der Waals surface area contributed by atoms with E-state index in [4.69, 9.17) is 4.74 Å². The van der Waals surface area contributed by atoms with Gasteiger partial charge in [0, 0.05) is 27.9 Å². The molecule has 1 atom stereocenters. The Labute approximate surface area is 174 Å². The lowest BCUT2D eigenvalue weighted by atomic mass is 10.0. The van der Waals surface area contributed by atoms with Crippen LogP contribution in [-0.2, 0) is 11.2 Å². The van der Waals surface area contributed by atoms with E-state index in [0.29, 0.717) is 12.8 Å². The minimum Gasteiger partial charge on any atom is -0.497 e. The monoisotopic (exact) mass is 404 g/mol. The fraction of sp³-hybridized carbons (Fsp3) is 0.208. The van der Waals surface area contributed by atoms with Crippen LogP contribution in [-0.4, -0.2) is 18.0 Å². The highest BCUT2D eigenvalue weighted by atomic mass is 32.1. The third-order valence-corrected chi connectivity index (χ3v) is 6.20. The fourth-order valence-electron chi connectivity index (χ4n) is 3.62. The summed E-state index contributed by atoms with van der Waals surface area (Å²) in [6, 6.07) is 20.4. The molecular weight excluding hydrogens is 380 g/mol. The minimum atomic E-state index is 0.0338. The molecule has 0 unspecified atom stereocenters. The summed E-state index contributed by atoms with van der Waals surface area (Å²) in [7, 11) is 1.67. The SMILES string of the molecule is COc1ccc(-c2[nH]c3ccccc3c2CCC(=O)N[C@@H](C)c2cccs2)cc1. The Morgan fingerprint density at radius 3 is 2.62 bits per heavy atom. The van der Waals surface area contributed by atoms with E-state index in [0.717, 1.165) is 27.9 Å². The molecule has 0 spiro atoms. The van der Waals surface area contributed by atoms with Gasteiger partial charge in [0.2, 0.25) is 5.91 Å². The van der Waals surface area contributed by atoms with E-state index in [1.165, 1.54) is 10.4 Å². The summed E-state index contributed by atoms with van der Waals surface area (Å²) in [5, 5.41) is 6.31. The molecule has 2 N–H and O–H groups in total. The van der Waals surface area contributed by atoms with Crippen molar-refractivity contribution in [3.05, 3.63) is 76.5 Å². The Kier molecular flexibility index (Phi) is 5.67. The highest BCUT2D eigenvalue weighted by Gasteiger charge is 2.16. The van der Waals surface area contributed by atoms with E-state index in [-0.39, 0.29) is 11.9 Å². The standard InChI is InChI=1S/C24H24N2O2S/c1-16(22-8-5-15-29-22)25-23(27)14-13-20-19-6-3-4-7-21(19)26-24(20)17-9-11-18(28-2)12-10-17/h3-12,15-16,26H,13-14H2,1-2H3,(H,25,27)/t16-/m0/s1. The number of aryl methyl sites for hydroxylation is 1. The molecule has 1 amide bonds. The van der Waals surface area contributed by atoms with Gasteiger partial charge in [-0.1, -0.05) is 24.3 Å². The number of aromatic amines is 1. The molecule has 29 heavy (non-hydrogen) atoms. The number of methoxy groups -OCH3 is 1. The fourth-order valence-corrected chi connectivity index (χ4v) is 4.36. The molecule has 0 radical (unpaired) electrons. The molecule has 2 aromatic heterocycles. The van der Waals surface area contributed by atoms with Gasteiger partial charge in [-0.05, 0) is 66.2 Å². The molecule has 4 aromatic rings.